The molecule has 1 heterocycles. The molecule has 1 saturated heterocycles. The second kappa shape index (κ2) is 4.23. The van der Waals surface area contributed by atoms with Gasteiger partial charge >= 0.3 is 0 Å². The van der Waals surface area contributed by atoms with Gasteiger partial charge in [-0.3, -0.25) is 9.59 Å². The number of hydrogen-bond acceptors (Lipinski definition) is 2. The molecule has 2 amide bonds. The fourth-order valence-corrected chi connectivity index (χ4v) is 2.01. The van der Waals surface area contributed by atoms with Crippen molar-refractivity contribution >= 4 is 11.8 Å². The maximum absolute atomic E-state index is 13.2. The lowest BCUT2D eigenvalue weighted by Crippen LogP contribution is -2.55. The van der Waals surface area contributed by atoms with E-state index in [0.717, 1.165) is 12.8 Å². The zero-order chi connectivity index (χ0) is 12.6. The SMILES string of the molecule is NC(=O)[C@H]1CC(F)(F)CCN1C(=O)[CH]C1CC1. The third-order valence-corrected chi connectivity index (χ3v) is 3.20. The molecule has 2 rings (SSSR count). The van der Waals surface area contributed by atoms with E-state index in [4.69, 9.17) is 5.73 Å². The summed E-state index contributed by atoms with van der Waals surface area (Å²) in [6.07, 6.45) is 2.36. The van der Waals surface area contributed by atoms with E-state index in [1.165, 1.54) is 11.3 Å². The first-order valence-electron chi connectivity index (χ1n) is 5.72. The molecule has 2 N–H and O–H groups in total. The van der Waals surface area contributed by atoms with Crippen molar-refractivity contribution in [2.45, 2.75) is 37.6 Å². The van der Waals surface area contributed by atoms with Crippen LogP contribution < -0.4 is 5.73 Å². The first kappa shape index (κ1) is 12.3. The van der Waals surface area contributed by atoms with Gasteiger partial charge in [0.25, 0.3) is 5.92 Å². The molecule has 17 heavy (non-hydrogen) atoms. The van der Waals surface area contributed by atoms with Crippen molar-refractivity contribution in [2.75, 3.05) is 6.54 Å². The number of carbonyl (C=O) groups excluding carboxylic acids is 2. The molecule has 6 heteroatoms. The number of carbonyl (C=O) groups is 2. The molecule has 1 aliphatic heterocycles. The van der Waals surface area contributed by atoms with Crippen molar-refractivity contribution in [2.24, 2.45) is 11.7 Å². The number of primary amides is 1. The number of nitrogens with zero attached hydrogens (tertiary/aromatic N) is 1. The van der Waals surface area contributed by atoms with Crippen LogP contribution in [0.1, 0.15) is 25.7 Å². The number of piperidine rings is 1. The van der Waals surface area contributed by atoms with E-state index < -0.39 is 30.7 Å². The summed E-state index contributed by atoms with van der Waals surface area (Å²) in [5, 5.41) is 0. The van der Waals surface area contributed by atoms with Gasteiger partial charge in [0.15, 0.2) is 0 Å². The fourth-order valence-electron chi connectivity index (χ4n) is 2.01. The average Bonchev–Trinajstić information content (AvgIpc) is 2.99. The minimum absolute atomic E-state index is 0.108. The Kier molecular flexibility index (Phi) is 3.05. The molecule has 95 valence electrons. The van der Waals surface area contributed by atoms with Gasteiger partial charge in [-0.15, -0.1) is 0 Å². The summed E-state index contributed by atoms with van der Waals surface area (Å²) in [5.41, 5.74) is 5.08. The van der Waals surface area contributed by atoms with Crippen LogP contribution in [0.5, 0.6) is 0 Å². The van der Waals surface area contributed by atoms with Crippen LogP contribution in [0.3, 0.4) is 0 Å². The zero-order valence-corrected chi connectivity index (χ0v) is 9.36. The molecule has 0 aromatic rings. The molecule has 2 fully saturated rings. The van der Waals surface area contributed by atoms with Crippen molar-refractivity contribution in [1.29, 1.82) is 0 Å². The van der Waals surface area contributed by atoms with E-state index in [-0.39, 0.29) is 18.4 Å². The number of halogens is 2. The number of amides is 2. The molecule has 1 saturated carbocycles. The summed E-state index contributed by atoms with van der Waals surface area (Å²) < 4.78 is 26.3. The van der Waals surface area contributed by atoms with Crippen LogP contribution in [0.25, 0.3) is 0 Å². The van der Waals surface area contributed by atoms with E-state index in [9.17, 15) is 18.4 Å². The van der Waals surface area contributed by atoms with E-state index in [0.29, 0.717) is 0 Å². The quantitative estimate of drug-likeness (QED) is 0.796. The highest BCUT2D eigenvalue weighted by Gasteiger charge is 2.45. The monoisotopic (exact) mass is 245 g/mol. The second-order valence-corrected chi connectivity index (χ2v) is 4.76. The van der Waals surface area contributed by atoms with Crippen molar-refractivity contribution in [3.05, 3.63) is 6.42 Å². The number of nitrogens with two attached hydrogens (primary N) is 1. The van der Waals surface area contributed by atoms with Gasteiger partial charge in [-0.1, -0.05) is 0 Å². The van der Waals surface area contributed by atoms with Gasteiger partial charge in [-0.2, -0.15) is 0 Å². The molecule has 0 aromatic heterocycles. The summed E-state index contributed by atoms with van der Waals surface area (Å²) in [5.74, 6) is -3.86. The van der Waals surface area contributed by atoms with Gasteiger partial charge < -0.3 is 10.6 Å². The Morgan fingerprint density at radius 1 is 1.35 bits per heavy atom. The van der Waals surface area contributed by atoms with Crippen LogP contribution in [-0.2, 0) is 9.59 Å². The van der Waals surface area contributed by atoms with Crippen LogP contribution >= 0.6 is 0 Å². The zero-order valence-electron chi connectivity index (χ0n) is 9.36. The minimum atomic E-state index is -2.91. The lowest BCUT2D eigenvalue weighted by atomic mass is 9.97. The molecule has 0 spiro atoms. The first-order chi connectivity index (χ1) is 7.89. The smallest absolute Gasteiger partial charge is 0.252 e. The van der Waals surface area contributed by atoms with Crippen LogP contribution in [0.2, 0.25) is 0 Å². The lowest BCUT2D eigenvalue weighted by molar-refractivity contribution is -0.148. The fraction of sp³-hybridized carbons (Fsp3) is 0.727. The molecule has 1 aliphatic carbocycles. The maximum atomic E-state index is 13.2. The molecule has 0 aromatic carbocycles. The maximum Gasteiger partial charge on any atom is 0.252 e. The lowest BCUT2D eigenvalue weighted by Gasteiger charge is -2.37. The molecule has 0 bridgehead atoms. The third-order valence-electron chi connectivity index (χ3n) is 3.20. The van der Waals surface area contributed by atoms with E-state index in [2.05, 4.69) is 0 Å². The van der Waals surface area contributed by atoms with Crippen molar-refractivity contribution < 1.29 is 18.4 Å². The Bertz CT molecular complexity index is 342. The van der Waals surface area contributed by atoms with Crippen LogP contribution in [0.4, 0.5) is 8.78 Å². The molecule has 2 aliphatic rings. The predicted octanol–water partition coefficient (Wildman–Crippen LogP) is 0.712. The Hall–Kier alpha value is -1.20. The average molecular weight is 245 g/mol. The molecular weight excluding hydrogens is 230 g/mol. The highest BCUT2D eigenvalue weighted by Crippen LogP contribution is 2.35. The van der Waals surface area contributed by atoms with E-state index in [1.807, 2.05) is 0 Å². The van der Waals surface area contributed by atoms with Crippen molar-refractivity contribution in [3.63, 3.8) is 0 Å². The summed E-state index contributed by atoms with van der Waals surface area (Å²) >= 11 is 0. The number of hydrogen-bond donors (Lipinski definition) is 1. The topological polar surface area (TPSA) is 63.4 Å². The summed E-state index contributed by atoms with van der Waals surface area (Å²) in [6.45, 7) is -0.108. The van der Waals surface area contributed by atoms with Crippen LogP contribution in [0, 0.1) is 12.3 Å². The number of rotatable bonds is 3. The Morgan fingerprint density at radius 2 is 2.00 bits per heavy atom. The van der Waals surface area contributed by atoms with Crippen molar-refractivity contribution in [3.8, 4) is 0 Å². The Labute approximate surface area is 98.1 Å². The van der Waals surface area contributed by atoms with Crippen molar-refractivity contribution in [1.82, 2.24) is 4.90 Å². The predicted molar refractivity (Wildman–Crippen MR) is 55.9 cm³/mol. The normalized spacial score (nSPS) is 27.9. The van der Waals surface area contributed by atoms with Crippen LogP contribution in [-0.4, -0.2) is 35.2 Å². The second-order valence-electron chi connectivity index (χ2n) is 4.76. The molecule has 0 unspecified atom stereocenters. The van der Waals surface area contributed by atoms with E-state index in [1.54, 1.807) is 0 Å². The van der Waals surface area contributed by atoms with Gasteiger partial charge in [-0.25, -0.2) is 8.78 Å². The standard InChI is InChI=1S/C11H15F2N2O2/c12-11(13)3-4-15(8(6-11)10(14)17)9(16)5-7-1-2-7/h5,7-8H,1-4,6H2,(H2,14,17)/t8-/m1/s1. The highest BCUT2D eigenvalue weighted by molar-refractivity contribution is 5.91. The van der Waals surface area contributed by atoms with Gasteiger partial charge in [-0.05, 0) is 18.8 Å². The first-order valence-corrected chi connectivity index (χ1v) is 5.72. The molecule has 4 nitrogen and oxygen atoms in total. The minimum Gasteiger partial charge on any atom is -0.368 e. The molecular formula is C11H15F2N2O2. The van der Waals surface area contributed by atoms with Gasteiger partial charge in [0.1, 0.15) is 6.04 Å². The van der Waals surface area contributed by atoms with Crippen LogP contribution in [0.15, 0.2) is 0 Å². The number of likely N-dealkylation sites (tertiary alicyclic amines) is 1. The van der Waals surface area contributed by atoms with Gasteiger partial charge in [0.2, 0.25) is 11.8 Å². The van der Waals surface area contributed by atoms with Gasteiger partial charge in [0.05, 0.1) is 6.42 Å². The number of alkyl halides is 2. The molecule has 1 atom stereocenters. The molecule has 1 radical (unpaired) electrons. The summed E-state index contributed by atoms with van der Waals surface area (Å²) in [4.78, 5) is 24.1. The third kappa shape index (κ3) is 2.92. The largest absolute Gasteiger partial charge is 0.368 e. The van der Waals surface area contributed by atoms with E-state index >= 15 is 0 Å². The highest BCUT2D eigenvalue weighted by atomic mass is 19.3. The Morgan fingerprint density at radius 3 is 2.53 bits per heavy atom. The summed E-state index contributed by atoms with van der Waals surface area (Å²) in [6, 6.07) is -1.18. The Balaban J connectivity index is 2.03. The van der Waals surface area contributed by atoms with Gasteiger partial charge in [0, 0.05) is 19.4 Å². The summed E-state index contributed by atoms with van der Waals surface area (Å²) in [7, 11) is 0.